The van der Waals surface area contributed by atoms with E-state index in [0.717, 1.165) is 56.6 Å². The summed E-state index contributed by atoms with van der Waals surface area (Å²) in [4.78, 5) is 4.37. The van der Waals surface area contributed by atoms with Gasteiger partial charge in [0.05, 0.1) is 0 Å². The van der Waals surface area contributed by atoms with Gasteiger partial charge in [0.25, 0.3) is 0 Å². The summed E-state index contributed by atoms with van der Waals surface area (Å²) in [6.07, 6.45) is 5.58. The second-order valence-corrected chi connectivity index (χ2v) is 7.02. The monoisotopic (exact) mass is 489 g/mol. The van der Waals surface area contributed by atoms with Gasteiger partial charge in [0.2, 0.25) is 6.79 Å². The molecular formula is C20H32IN3O3. The highest BCUT2D eigenvalue weighted by Crippen LogP contribution is 2.40. The van der Waals surface area contributed by atoms with E-state index in [1.54, 1.807) is 0 Å². The first-order valence-corrected chi connectivity index (χ1v) is 9.70. The van der Waals surface area contributed by atoms with E-state index in [4.69, 9.17) is 14.2 Å². The quantitative estimate of drug-likeness (QED) is 0.266. The van der Waals surface area contributed by atoms with Gasteiger partial charge in [-0.1, -0.05) is 25.8 Å². The van der Waals surface area contributed by atoms with Gasteiger partial charge in [-0.15, -0.1) is 24.0 Å². The van der Waals surface area contributed by atoms with Crippen molar-refractivity contribution in [3.05, 3.63) is 23.8 Å². The van der Waals surface area contributed by atoms with Crippen LogP contribution >= 0.6 is 24.0 Å². The van der Waals surface area contributed by atoms with Crippen LogP contribution in [-0.4, -0.2) is 46.1 Å². The average molecular weight is 489 g/mol. The van der Waals surface area contributed by atoms with E-state index < -0.39 is 0 Å². The lowest BCUT2D eigenvalue weighted by Crippen LogP contribution is -2.48. The van der Waals surface area contributed by atoms with Crippen LogP contribution in [-0.2, 0) is 10.2 Å². The van der Waals surface area contributed by atoms with Crippen LogP contribution in [0.5, 0.6) is 11.5 Å². The zero-order valence-corrected chi connectivity index (χ0v) is 18.7. The Hall–Kier alpha value is -1.22. The number of guanidine groups is 1. The molecule has 0 bridgehead atoms. The van der Waals surface area contributed by atoms with Crippen molar-refractivity contribution in [3.63, 3.8) is 0 Å². The zero-order valence-electron chi connectivity index (χ0n) is 16.4. The second-order valence-electron chi connectivity index (χ2n) is 7.02. The summed E-state index contributed by atoms with van der Waals surface area (Å²) < 4.78 is 16.7. The molecule has 0 unspecified atom stereocenters. The number of nitrogens with one attached hydrogen (secondary N) is 2. The number of hydrogen-bond acceptors (Lipinski definition) is 4. The number of unbranched alkanes of at least 4 members (excludes halogenated alkanes) is 2. The number of nitrogens with zero attached hydrogens (tertiary/aromatic N) is 1. The predicted molar refractivity (Wildman–Crippen MR) is 119 cm³/mol. The Balaban J connectivity index is 0.00000261. The van der Waals surface area contributed by atoms with Crippen molar-refractivity contribution in [2.75, 3.05) is 40.1 Å². The van der Waals surface area contributed by atoms with Gasteiger partial charge in [0.15, 0.2) is 17.5 Å². The van der Waals surface area contributed by atoms with Gasteiger partial charge in [-0.05, 0) is 37.0 Å². The van der Waals surface area contributed by atoms with Crippen molar-refractivity contribution in [1.29, 1.82) is 0 Å². The molecule has 1 fully saturated rings. The first kappa shape index (κ1) is 22.1. The van der Waals surface area contributed by atoms with Crippen LogP contribution in [0.3, 0.4) is 0 Å². The number of benzene rings is 1. The molecule has 0 amide bonds. The molecule has 0 aliphatic carbocycles. The van der Waals surface area contributed by atoms with Crippen molar-refractivity contribution >= 4 is 29.9 Å². The summed E-state index contributed by atoms with van der Waals surface area (Å²) >= 11 is 0. The Morgan fingerprint density at radius 3 is 2.63 bits per heavy atom. The fraction of sp³-hybridized carbons (Fsp3) is 0.650. The summed E-state index contributed by atoms with van der Waals surface area (Å²) in [5.41, 5.74) is 1.29. The van der Waals surface area contributed by atoms with E-state index in [1.807, 2.05) is 13.1 Å². The second kappa shape index (κ2) is 10.9. The largest absolute Gasteiger partial charge is 0.454 e. The van der Waals surface area contributed by atoms with Crippen molar-refractivity contribution < 1.29 is 14.2 Å². The molecule has 27 heavy (non-hydrogen) atoms. The highest BCUT2D eigenvalue weighted by atomic mass is 127. The Morgan fingerprint density at radius 2 is 1.89 bits per heavy atom. The summed E-state index contributed by atoms with van der Waals surface area (Å²) in [5.74, 6) is 2.54. The maximum Gasteiger partial charge on any atom is 0.231 e. The highest BCUT2D eigenvalue weighted by molar-refractivity contribution is 14.0. The number of fused-ring (bicyclic) bond motifs is 1. The Bertz CT molecular complexity index is 618. The molecule has 3 rings (SSSR count). The molecule has 1 saturated heterocycles. The lowest BCUT2D eigenvalue weighted by molar-refractivity contribution is 0.0513. The average Bonchev–Trinajstić information content (AvgIpc) is 3.16. The minimum absolute atomic E-state index is 0. The summed E-state index contributed by atoms with van der Waals surface area (Å²) in [5, 5.41) is 6.95. The standard InChI is InChI=1S/C20H31N3O3.HI/c1-3-4-5-10-22-19(21-2)23-14-20(8-11-24-12-9-20)16-6-7-17-18(13-16)26-15-25-17;/h6-7,13H,3-5,8-12,14-15H2,1-2H3,(H2,21,22,23);1H. The zero-order chi connectivity index (χ0) is 18.2. The molecule has 0 saturated carbocycles. The minimum Gasteiger partial charge on any atom is -0.454 e. The number of rotatable bonds is 7. The lowest BCUT2D eigenvalue weighted by Gasteiger charge is -2.38. The van der Waals surface area contributed by atoms with E-state index in [0.29, 0.717) is 6.79 Å². The molecule has 2 N–H and O–H groups in total. The predicted octanol–water partition coefficient (Wildman–Crippen LogP) is 3.44. The number of ether oxygens (including phenoxy) is 3. The topological polar surface area (TPSA) is 64.1 Å². The van der Waals surface area contributed by atoms with Gasteiger partial charge in [-0.25, -0.2) is 0 Å². The third-order valence-corrected chi connectivity index (χ3v) is 5.33. The van der Waals surface area contributed by atoms with Gasteiger partial charge < -0.3 is 24.8 Å². The van der Waals surface area contributed by atoms with Crippen molar-refractivity contribution in [3.8, 4) is 11.5 Å². The molecule has 0 aromatic heterocycles. The molecule has 0 atom stereocenters. The maximum absolute atomic E-state index is 5.63. The third-order valence-electron chi connectivity index (χ3n) is 5.33. The van der Waals surface area contributed by atoms with Crippen LogP contribution in [0.25, 0.3) is 0 Å². The van der Waals surface area contributed by atoms with Crippen LogP contribution < -0.4 is 20.1 Å². The smallest absolute Gasteiger partial charge is 0.231 e. The van der Waals surface area contributed by atoms with Gasteiger partial charge >= 0.3 is 0 Å². The fourth-order valence-electron chi connectivity index (χ4n) is 3.61. The molecule has 152 valence electrons. The molecule has 0 spiro atoms. The number of hydrogen-bond donors (Lipinski definition) is 2. The minimum atomic E-state index is 0. The summed E-state index contributed by atoms with van der Waals surface area (Å²) in [7, 11) is 1.83. The maximum atomic E-state index is 5.63. The van der Waals surface area contributed by atoms with Gasteiger partial charge in [-0.2, -0.15) is 0 Å². The molecule has 2 heterocycles. The van der Waals surface area contributed by atoms with E-state index in [1.165, 1.54) is 24.8 Å². The number of aliphatic imine (C=N–C) groups is 1. The molecule has 1 aromatic rings. The van der Waals surface area contributed by atoms with E-state index in [9.17, 15) is 0 Å². The van der Waals surface area contributed by atoms with Crippen LogP contribution in [0, 0.1) is 0 Å². The Labute approximate surface area is 179 Å². The van der Waals surface area contributed by atoms with Crippen molar-refractivity contribution in [1.82, 2.24) is 10.6 Å². The first-order chi connectivity index (χ1) is 12.8. The molecular weight excluding hydrogens is 457 g/mol. The summed E-state index contributed by atoms with van der Waals surface area (Å²) in [6, 6.07) is 6.32. The molecule has 2 aliphatic rings. The fourth-order valence-corrected chi connectivity index (χ4v) is 3.61. The SMILES string of the molecule is CCCCCNC(=NC)NCC1(c2ccc3c(c2)OCO3)CCOCC1.I. The van der Waals surface area contributed by atoms with E-state index >= 15 is 0 Å². The summed E-state index contributed by atoms with van der Waals surface area (Å²) in [6.45, 7) is 5.85. The molecule has 1 aromatic carbocycles. The Kier molecular flexibility index (Phi) is 8.95. The van der Waals surface area contributed by atoms with E-state index in [-0.39, 0.29) is 29.4 Å². The van der Waals surface area contributed by atoms with Gasteiger partial charge in [0, 0.05) is 38.8 Å². The Morgan fingerprint density at radius 1 is 1.11 bits per heavy atom. The molecule has 7 heteroatoms. The van der Waals surface area contributed by atoms with E-state index in [2.05, 4.69) is 34.7 Å². The van der Waals surface area contributed by atoms with Gasteiger partial charge in [-0.3, -0.25) is 4.99 Å². The molecule has 2 aliphatic heterocycles. The highest BCUT2D eigenvalue weighted by Gasteiger charge is 2.35. The normalized spacial score (nSPS) is 17.9. The lowest BCUT2D eigenvalue weighted by atomic mass is 9.74. The van der Waals surface area contributed by atoms with Gasteiger partial charge in [0.1, 0.15) is 0 Å². The van der Waals surface area contributed by atoms with Crippen LogP contribution in [0.15, 0.2) is 23.2 Å². The van der Waals surface area contributed by atoms with Crippen LogP contribution in [0.4, 0.5) is 0 Å². The third kappa shape index (κ3) is 5.63. The van der Waals surface area contributed by atoms with Crippen LogP contribution in [0.1, 0.15) is 44.6 Å². The van der Waals surface area contributed by atoms with Crippen molar-refractivity contribution in [2.24, 2.45) is 4.99 Å². The van der Waals surface area contributed by atoms with Crippen LogP contribution in [0.2, 0.25) is 0 Å². The molecule has 0 radical (unpaired) electrons. The molecule has 6 nitrogen and oxygen atoms in total. The van der Waals surface area contributed by atoms with Crippen molar-refractivity contribution in [2.45, 2.75) is 44.4 Å². The number of halogens is 1. The first-order valence-electron chi connectivity index (χ1n) is 9.70.